The average molecular weight is 318 g/mol. The first-order chi connectivity index (χ1) is 11.1. The molecule has 1 aromatic rings. The minimum absolute atomic E-state index is 0.117. The van der Waals surface area contributed by atoms with Gasteiger partial charge in [-0.15, -0.1) is 0 Å². The minimum atomic E-state index is -0.639. The van der Waals surface area contributed by atoms with E-state index >= 15 is 0 Å². The topological polar surface area (TPSA) is 58.6 Å². The zero-order valence-corrected chi connectivity index (χ0v) is 14.0. The number of carbonyl (C=O) groups excluding carboxylic acids is 2. The van der Waals surface area contributed by atoms with Crippen LogP contribution in [-0.4, -0.2) is 43.0 Å². The van der Waals surface area contributed by atoms with Gasteiger partial charge >= 0.3 is 0 Å². The third-order valence-corrected chi connectivity index (χ3v) is 4.34. The molecule has 0 bridgehead atoms. The molecule has 2 amide bonds. The number of ether oxygens (including phenoxy) is 1. The number of methoxy groups -OCH3 is 1. The number of nitrogens with one attached hydrogen (secondary N) is 1. The van der Waals surface area contributed by atoms with Gasteiger partial charge in [0.05, 0.1) is 0 Å². The van der Waals surface area contributed by atoms with Gasteiger partial charge in [-0.05, 0) is 31.7 Å². The normalized spacial score (nSPS) is 19.2. The van der Waals surface area contributed by atoms with Crippen molar-refractivity contribution in [2.45, 2.75) is 44.8 Å². The molecule has 2 atom stereocenters. The van der Waals surface area contributed by atoms with Crippen LogP contribution < -0.4 is 5.32 Å². The maximum absolute atomic E-state index is 12.2. The highest BCUT2D eigenvalue weighted by atomic mass is 16.5. The summed E-state index contributed by atoms with van der Waals surface area (Å²) in [7, 11) is 1.51. The number of benzene rings is 1. The highest BCUT2D eigenvalue weighted by Crippen LogP contribution is 2.18. The Balaban J connectivity index is 1.80. The third kappa shape index (κ3) is 4.79. The predicted molar refractivity (Wildman–Crippen MR) is 88.8 cm³/mol. The van der Waals surface area contributed by atoms with Crippen molar-refractivity contribution in [2.75, 3.05) is 20.2 Å². The van der Waals surface area contributed by atoms with Crippen molar-refractivity contribution >= 4 is 11.8 Å². The van der Waals surface area contributed by atoms with E-state index in [1.807, 2.05) is 35.2 Å². The smallest absolute Gasteiger partial charge is 0.253 e. The number of amides is 2. The lowest BCUT2D eigenvalue weighted by atomic mass is 10.0. The number of likely N-dealkylation sites (tertiary alicyclic amines) is 1. The van der Waals surface area contributed by atoms with Gasteiger partial charge in [0.15, 0.2) is 6.10 Å². The van der Waals surface area contributed by atoms with Crippen LogP contribution in [0, 0.1) is 0 Å². The van der Waals surface area contributed by atoms with E-state index in [1.165, 1.54) is 13.5 Å². The van der Waals surface area contributed by atoms with Crippen molar-refractivity contribution in [3.05, 3.63) is 35.9 Å². The van der Waals surface area contributed by atoms with Crippen molar-refractivity contribution in [3.8, 4) is 0 Å². The molecule has 5 heteroatoms. The van der Waals surface area contributed by atoms with Gasteiger partial charge in [0.2, 0.25) is 5.91 Å². The second-order valence-electron chi connectivity index (χ2n) is 6.00. The molecule has 0 aliphatic carbocycles. The number of rotatable bonds is 6. The van der Waals surface area contributed by atoms with Gasteiger partial charge < -0.3 is 15.0 Å². The molecule has 5 nitrogen and oxygen atoms in total. The molecule has 1 N–H and O–H groups in total. The first kappa shape index (κ1) is 17.5. The number of carbonyl (C=O) groups is 2. The van der Waals surface area contributed by atoms with Gasteiger partial charge in [0.25, 0.3) is 5.91 Å². The van der Waals surface area contributed by atoms with Gasteiger partial charge in [-0.1, -0.05) is 30.3 Å². The number of hydrogen-bond acceptors (Lipinski definition) is 3. The number of piperidine rings is 1. The van der Waals surface area contributed by atoms with Crippen LogP contribution >= 0.6 is 0 Å². The summed E-state index contributed by atoms with van der Waals surface area (Å²) in [5.74, 6) is -0.0932. The molecule has 1 aromatic carbocycles. The van der Waals surface area contributed by atoms with Crippen LogP contribution in [-0.2, 0) is 14.3 Å². The van der Waals surface area contributed by atoms with Gasteiger partial charge in [0.1, 0.15) is 0 Å². The summed E-state index contributed by atoms with van der Waals surface area (Å²) in [6.07, 6.45) is 3.02. The molecular formula is C18H26N2O3. The molecule has 0 spiro atoms. The molecule has 0 unspecified atom stereocenters. The zero-order chi connectivity index (χ0) is 16.7. The molecule has 0 aromatic heterocycles. The molecule has 1 aliphatic rings. The summed E-state index contributed by atoms with van der Waals surface area (Å²) in [6.45, 7) is 3.26. The average Bonchev–Trinajstić information content (AvgIpc) is 2.57. The van der Waals surface area contributed by atoms with Crippen LogP contribution in [0.15, 0.2) is 30.3 Å². The van der Waals surface area contributed by atoms with Crippen LogP contribution in [0.3, 0.4) is 0 Å². The fourth-order valence-corrected chi connectivity index (χ4v) is 3.02. The summed E-state index contributed by atoms with van der Waals surface area (Å²) in [5.41, 5.74) is 0.809. The monoisotopic (exact) mass is 318 g/mol. The van der Waals surface area contributed by atoms with E-state index in [0.29, 0.717) is 19.0 Å². The van der Waals surface area contributed by atoms with E-state index in [4.69, 9.17) is 4.74 Å². The molecule has 0 saturated carbocycles. The predicted octanol–water partition coefficient (Wildman–Crippen LogP) is 2.28. The molecule has 126 valence electrons. The lowest BCUT2D eigenvalue weighted by Crippen LogP contribution is -2.43. The van der Waals surface area contributed by atoms with Gasteiger partial charge in [0, 0.05) is 32.7 Å². The second-order valence-corrected chi connectivity index (χ2v) is 6.00. The van der Waals surface area contributed by atoms with E-state index < -0.39 is 6.10 Å². The van der Waals surface area contributed by atoms with Crippen LogP contribution in [0.2, 0.25) is 0 Å². The fourth-order valence-electron chi connectivity index (χ4n) is 3.02. The standard InChI is InChI=1S/C18H26N2O3/c1-14-8-6-7-13-20(14)16(21)11-12-19-18(22)17(23-2)15-9-4-3-5-10-15/h3-5,9-10,14,17H,6-8,11-13H2,1-2H3,(H,19,22)/t14-,17+/m0/s1. The number of nitrogens with zero attached hydrogens (tertiary/aromatic N) is 1. The summed E-state index contributed by atoms with van der Waals surface area (Å²) in [6, 6.07) is 9.66. The van der Waals surface area contributed by atoms with E-state index in [1.54, 1.807) is 0 Å². The molecule has 23 heavy (non-hydrogen) atoms. The summed E-state index contributed by atoms with van der Waals surface area (Å²) in [4.78, 5) is 26.4. The lowest BCUT2D eigenvalue weighted by molar-refractivity contribution is -0.135. The van der Waals surface area contributed by atoms with Crippen molar-refractivity contribution in [1.29, 1.82) is 0 Å². The van der Waals surface area contributed by atoms with Crippen molar-refractivity contribution in [2.24, 2.45) is 0 Å². The SMILES string of the molecule is CO[C@@H](C(=O)NCCC(=O)N1CCCC[C@@H]1C)c1ccccc1. The Morgan fingerprint density at radius 1 is 1.30 bits per heavy atom. The quantitative estimate of drug-likeness (QED) is 0.875. The van der Waals surface area contributed by atoms with Gasteiger partial charge in [-0.25, -0.2) is 0 Å². The molecule has 1 saturated heterocycles. The Hall–Kier alpha value is -1.88. The first-order valence-corrected chi connectivity index (χ1v) is 8.28. The number of hydrogen-bond donors (Lipinski definition) is 1. The summed E-state index contributed by atoms with van der Waals surface area (Å²) >= 11 is 0. The lowest BCUT2D eigenvalue weighted by Gasteiger charge is -2.33. The summed E-state index contributed by atoms with van der Waals surface area (Å²) < 4.78 is 5.28. The largest absolute Gasteiger partial charge is 0.367 e. The van der Waals surface area contributed by atoms with Crippen molar-refractivity contribution in [1.82, 2.24) is 10.2 Å². The maximum Gasteiger partial charge on any atom is 0.253 e. The Morgan fingerprint density at radius 3 is 2.70 bits per heavy atom. The Morgan fingerprint density at radius 2 is 2.04 bits per heavy atom. The van der Waals surface area contributed by atoms with Crippen molar-refractivity contribution < 1.29 is 14.3 Å². The molecule has 0 radical (unpaired) electrons. The van der Waals surface area contributed by atoms with E-state index in [2.05, 4.69) is 12.2 Å². The molecule has 1 fully saturated rings. The van der Waals surface area contributed by atoms with Crippen LogP contribution in [0.4, 0.5) is 0 Å². The Kier molecular flexibility index (Phi) is 6.59. The second kappa shape index (κ2) is 8.67. The van der Waals surface area contributed by atoms with Gasteiger partial charge in [-0.3, -0.25) is 9.59 Å². The highest BCUT2D eigenvalue weighted by molar-refractivity contribution is 5.83. The third-order valence-electron chi connectivity index (χ3n) is 4.34. The maximum atomic E-state index is 12.2. The van der Waals surface area contributed by atoms with E-state index in [-0.39, 0.29) is 11.8 Å². The first-order valence-electron chi connectivity index (χ1n) is 8.28. The highest BCUT2D eigenvalue weighted by Gasteiger charge is 2.24. The van der Waals surface area contributed by atoms with Crippen molar-refractivity contribution in [3.63, 3.8) is 0 Å². The van der Waals surface area contributed by atoms with E-state index in [0.717, 1.165) is 24.9 Å². The Bertz CT molecular complexity index is 518. The van der Waals surface area contributed by atoms with E-state index in [9.17, 15) is 9.59 Å². The zero-order valence-electron chi connectivity index (χ0n) is 14.0. The van der Waals surface area contributed by atoms with Crippen LogP contribution in [0.5, 0.6) is 0 Å². The molecule has 1 aliphatic heterocycles. The minimum Gasteiger partial charge on any atom is -0.367 e. The molecular weight excluding hydrogens is 292 g/mol. The summed E-state index contributed by atoms with van der Waals surface area (Å²) in [5, 5.41) is 2.81. The van der Waals surface area contributed by atoms with Crippen LogP contribution in [0.25, 0.3) is 0 Å². The van der Waals surface area contributed by atoms with Crippen LogP contribution in [0.1, 0.15) is 44.3 Å². The molecule has 2 rings (SSSR count). The molecule has 1 heterocycles. The Labute approximate surface area is 138 Å². The van der Waals surface area contributed by atoms with Gasteiger partial charge in [-0.2, -0.15) is 0 Å². The fraction of sp³-hybridized carbons (Fsp3) is 0.556.